The molecule has 0 spiro atoms. The van der Waals surface area contributed by atoms with Gasteiger partial charge in [0, 0.05) is 5.69 Å². The SMILES string of the molecule is COc1c(Cl)cc(NCC(=O)NC(C)(C#N)C(C)C)cc1Cl. The fourth-order valence-corrected chi connectivity index (χ4v) is 2.32. The topological polar surface area (TPSA) is 74.2 Å². The lowest BCUT2D eigenvalue weighted by Crippen LogP contribution is -2.50. The first-order valence-electron chi connectivity index (χ1n) is 6.72. The molecule has 0 heterocycles. The van der Waals surface area contributed by atoms with Crippen molar-refractivity contribution in [1.82, 2.24) is 5.32 Å². The molecule has 5 nitrogen and oxygen atoms in total. The van der Waals surface area contributed by atoms with Gasteiger partial charge in [0.05, 0.1) is 29.8 Å². The van der Waals surface area contributed by atoms with E-state index in [1.54, 1.807) is 19.1 Å². The lowest BCUT2D eigenvalue weighted by atomic mass is 9.90. The third kappa shape index (κ3) is 4.43. The zero-order valence-electron chi connectivity index (χ0n) is 13.0. The molecule has 7 heteroatoms. The largest absolute Gasteiger partial charge is 0.494 e. The van der Waals surface area contributed by atoms with Crippen LogP contribution < -0.4 is 15.4 Å². The molecule has 1 unspecified atom stereocenters. The summed E-state index contributed by atoms with van der Waals surface area (Å²) in [6.45, 7) is 5.44. The van der Waals surface area contributed by atoms with Gasteiger partial charge in [-0.15, -0.1) is 0 Å². The van der Waals surface area contributed by atoms with Crippen molar-refractivity contribution in [3.8, 4) is 11.8 Å². The standard InChI is InChI=1S/C15H19Cl2N3O2/c1-9(2)15(3,8-18)20-13(21)7-19-10-5-11(16)14(22-4)12(17)6-10/h5-6,9,19H,7H2,1-4H3,(H,20,21). The van der Waals surface area contributed by atoms with E-state index in [4.69, 9.17) is 27.9 Å². The Morgan fingerprint density at radius 3 is 2.36 bits per heavy atom. The number of carbonyl (C=O) groups excluding carboxylic acids is 1. The summed E-state index contributed by atoms with van der Waals surface area (Å²) >= 11 is 12.1. The summed E-state index contributed by atoms with van der Waals surface area (Å²) in [6, 6.07) is 5.35. The zero-order chi connectivity index (χ0) is 16.9. The van der Waals surface area contributed by atoms with Crippen molar-refractivity contribution in [1.29, 1.82) is 5.26 Å². The van der Waals surface area contributed by atoms with Gasteiger partial charge in [-0.05, 0) is 25.0 Å². The highest BCUT2D eigenvalue weighted by atomic mass is 35.5. The molecule has 0 aromatic heterocycles. The summed E-state index contributed by atoms with van der Waals surface area (Å²) in [7, 11) is 1.47. The first kappa shape index (κ1) is 18.4. The summed E-state index contributed by atoms with van der Waals surface area (Å²) < 4.78 is 5.06. The van der Waals surface area contributed by atoms with E-state index < -0.39 is 5.54 Å². The number of nitrogens with one attached hydrogen (secondary N) is 2. The van der Waals surface area contributed by atoms with Crippen LogP contribution in [0, 0.1) is 17.2 Å². The normalized spacial score (nSPS) is 13.2. The van der Waals surface area contributed by atoms with Gasteiger partial charge in [-0.1, -0.05) is 37.0 Å². The van der Waals surface area contributed by atoms with Crippen molar-refractivity contribution in [2.24, 2.45) is 5.92 Å². The van der Waals surface area contributed by atoms with Gasteiger partial charge in [0.1, 0.15) is 5.54 Å². The van der Waals surface area contributed by atoms with Gasteiger partial charge in [0.15, 0.2) is 5.75 Å². The van der Waals surface area contributed by atoms with Crippen molar-refractivity contribution >= 4 is 34.8 Å². The van der Waals surface area contributed by atoms with E-state index in [1.165, 1.54) is 7.11 Å². The molecule has 120 valence electrons. The van der Waals surface area contributed by atoms with E-state index >= 15 is 0 Å². The maximum atomic E-state index is 12.0. The lowest BCUT2D eigenvalue weighted by Gasteiger charge is -2.27. The van der Waals surface area contributed by atoms with Crippen LogP contribution >= 0.6 is 23.2 Å². The van der Waals surface area contributed by atoms with Crippen molar-refractivity contribution in [2.75, 3.05) is 19.0 Å². The number of rotatable bonds is 6. The van der Waals surface area contributed by atoms with E-state index in [-0.39, 0.29) is 18.4 Å². The van der Waals surface area contributed by atoms with Crippen LogP contribution in [0.25, 0.3) is 0 Å². The Bertz CT molecular complexity index is 576. The maximum absolute atomic E-state index is 12.0. The van der Waals surface area contributed by atoms with Crippen LogP contribution in [0.5, 0.6) is 5.75 Å². The third-order valence-corrected chi connectivity index (χ3v) is 4.00. The molecule has 0 saturated heterocycles. The minimum absolute atomic E-state index is 0.00295. The highest BCUT2D eigenvalue weighted by Gasteiger charge is 2.29. The van der Waals surface area contributed by atoms with Gasteiger partial charge in [0.25, 0.3) is 0 Å². The Morgan fingerprint density at radius 2 is 1.95 bits per heavy atom. The van der Waals surface area contributed by atoms with Crippen molar-refractivity contribution in [2.45, 2.75) is 26.3 Å². The van der Waals surface area contributed by atoms with Crippen LogP contribution in [0.15, 0.2) is 12.1 Å². The minimum atomic E-state index is -0.909. The number of benzene rings is 1. The number of nitrogens with zero attached hydrogens (tertiary/aromatic N) is 1. The molecule has 0 fully saturated rings. The Kier molecular flexibility index (Phi) is 6.34. The summed E-state index contributed by atoms with van der Waals surface area (Å²) in [5.74, 6) is 0.0855. The molecule has 0 aliphatic heterocycles. The number of hydrogen-bond acceptors (Lipinski definition) is 4. The van der Waals surface area contributed by atoms with Crippen LogP contribution in [0.4, 0.5) is 5.69 Å². The molecular weight excluding hydrogens is 325 g/mol. The van der Waals surface area contributed by atoms with Crippen LogP contribution in [0.1, 0.15) is 20.8 Å². The average molecular weight is 344 g/mol. The monoisotopic (exact) mass is 343 g/mol. The number of amides is 1. The van der Waals surface area contributed by atoms with Crippen LogP contribution in [-0.4, -0.2) is 25.1 Å². The van der Waals surface area contributed by atoms with E-state index in [9.17, 15) is 10.1 Å². The molecule has 1 aromatic carbocycles. The fourth-order valence-electron chi connectivity index (χ4n) is 1.67. The second-order valence-corrected chi connectivity index (χ2v) is 6.16. The van der Waals surface area contributed by atoms with Gasteiger partial charge in [-0.2, -0.15) is 5.26 Å². The predicted octanol–water partition coefficient (Wildman–Crippen LogP) is 3.47. The van der Waals surface area contributed by atoms with E-state index in [1.807, 2.05) is 13.8 Å². The second kappa shape index (κ2) is 7.57. The minimum Gasteiger partial charge on any atom is -0.494 e. The molecule has 0 aliphatic rings. The number of ether oxygens (including phenoxy) is 1. The molecule has 0 aliphatic carbocycles. The van der Waals surface area contributed by atoms with Gasteiger partial charge in [-0.25, -0.2) is 0 Å². The summed E-state index contributed by atoms with van der Waals surface area (Å²) in [5, 5.41) is 15.5. The van der Waals surface area contributed by atoms with Crippen molar-refractivity contribution in [3.05, 3.63) is 22.2 Å². The second-order valence-electron chi connectivity index (χ2n) is 5.34. The third-order valence-electron chi connectivity index (χ3n) is 3.44. The predicted molar refractivity (Wildman–Crippen MR) is 88.5 cm³/mol. The molecular formula is C15H19Cl2N3O2. The Labute approximate surface area is 140 Å². The molecule has 1 amide bonds. The summed E-state index contributed by atoms with van der Waals surface area (Å²) in [5.41, 5.74) is -0.317. The Morgan fingerprint density at radius 1 is 1.41 bits per heavy atom. The maximum Gasteiger partial charge on any atom is 0.240 e. The van der Waals surface area contributed by atoms with Gasteiger partial charge in [0.2, 0.25) is 5.91 Å². The molecule has 0 bridgehead atoms. The number of carbonyl (C=O) groups is 1. The lowest BCUT2D eigenvalue weighted by molar-refractivity contribution is -0.121. The Hall–Kier alpha value is -1.64. The molecule has 0 radical (unpaired) electrons. The first-order valence-corrected chi connectivity index (χ1v) is 7.48. The average Bonchev–Trinajstić information content (AvgIpc) is 2.44. The summed E-state index contributed by atoms with van der Waals surface area (Å²) in [4.78, 5) is 12.0. The highest BCUT2D eigenvalue weighted by molar-refractivity contribution is 6.37. The number of hydrogen-bond donors (Lipinski definition) is 2. The number of methoxy groups -OCH3 is 1. The first-order chi connectivity index (χ1) is 10.2. The number of anilines is 1. The Balaban J connectivity index is 2.71. The molecule has 1 aromatic rings. The smallest absolute Gasteiger partial charge is 0.240 e. The number of halogens is 2. The van der Waals surface area contributed by atoms with Crippen molar-refractivity contribution < 1.29 is 9.53 Å². The van der Waals surface area contributed by atoms with E-state index in [2.05, 4.69) is 16.7 Å². The molecule has 1 atom stereocenters. The summed E-state index contributed by atoms with van der Waals surface area (Å²) in [6.07, 6.45) is 0. The van der Waals surface area contributed by atoms with Crippen LogP contribution in [-0.2, 0) is 4.79 Å². The van der Waals surface area contributed by atoms with Crippen LogP contribution in [0.2, 0.25) is 10.0 Å². The molecule has 1 rings (SSSR count). The quantitative estimate of drug-likeness (QED) is 0.829. The van der Waals surface area contributed by atoms with E-state index in [0.29, 0.717) is 21.5 Å². The van der Waals surface area contributed by atoms with Gasteiger partial charge in [-0.3, -0.25) is 4.79 Å². The zero-order valence-corrected chi connectivity index (χ0v) is 14.5. The molecule has 0 saturated carbocycles. The number of nitriles is 1. The van der Waals surface area contributed by atoms with Crippen molar-refractivity contribution in [3.63, 3.8) is 0 Å². The van der Waals surface area contributed by atoms with E-state index in [0.717, 1.165) is 0 Å². The fraction of sp³-hybridized carbons (Fsp3) is 0.467. The van der Waals surface area contributed by atoms with Gasteiger partial charge < -0.3 is 15.4 Å². The van der Waals surface area contributed by atoms with Gasteiger partial charge >= 0.3 is 0 Å². The van der Waals surface area contributed by atoms with Crippen LogP contribution in [0.3, 0.4) is 0 Å². The molecule has 22 heavy (non-hydrogen) atoms. The highest BCUT2D eigenvalue weighted by Crippen LogP contribution is 2.35. The molecule has 2 N–H and O–H groups in total.